The Kier molecular flexibility index (Phi) is 3.37. The topological polar surface area (TPSA) is 41.8 Å². The van der Waals surface area contributed by atoms with Gasteiger partial charge in [-0.3, -0.25) is 0 Å². The minimum Gasteiger partial charge on any atom is -0.475 e. The van der Waals surface area contributed by atoms with Crippen LogP contribution in [-0.2, 0) is 4.74 Å². The van der Waals surface area contributed by atoms with Gasteiger partial charge in [-0.1, -0.05) is 24.3 Å². The molecule has 1 aromatic carbocycles. The van der Waals surface area contributed by atoms with Gasteiger partial charge in [-0.2, -0.15) is 0 Å². The van der Waals surface area contributed by atoms with Gasteiger partial charge >= 0.3 is 0 Å². The third-order valence-corrected chi connectivity index (χ3v) is 2.55. The first kappa shape index (κ1) is 10.9. The van der Waals surface area contributed by atoms with E-state index in [0.717, 1.165) is 5.56 Å². The zero-order chi connectivity index (χ0) is 11.4. The molecule has 0 aliphatic carbocycles. The number of ether oxygens (including phenoxy) is 1. The molecule has 0 amide bonds. The van der Waals surface area contributed by atoms with E-state index in [1.807, 2.05) is 30.3 Å². The molecule has 0 saturated carbocycles. The molecular weight excluding hydrogens is 202 g/mol. The van der Waals surface area contributed by atoms with Gasteiger partial charge in [-0.05, 0) is 18.6 Å². The van der Waals surface area contributed by atoms with Crippen molar-refractivity contribution in [3.8, 4) is 0 Å². The van der Waals surface area contributed by atoms with E-state index < -0.39 is 6.10 Å². The van der Waals surface area contributed by atoms with Crippen molar-refractivity contribution in [3.05, 3.63) is 48.6 Å². The van der Waals surface area contributed by atoms with Gasteiger partial charge in [-0.15, -0.1) is 6.58 Å². The summed E-state index contributed by atoms with van der Waals surface area (Å²) in [4.78, 5) is 4.37. The summed E-state index contributed by atoms with van der Waals surface area (Å²) in [5, 5.41) is 9.76. The Hall–Kier alpha value is -1.61. The molecule has 1 heterocycles. The lowest BCUT2D eigenvalue weighted by atomic mass is 10.1. The van der Waals surface area contributed by atoms with Gasteiger partial charge in [0.05, 0.1) is 6.10 Å². The van der Waals surface area contributed by atoms with Gasteiger partial charge in [0.2, 0.25) is 5.90 Å². The van der Waals surface area contributed by atoms with Crippen LogP contribution in [0.2, 0.25) is 0 Å². The zero-order valence-corrected chi connectivity index (χ0v) is 9.04. The summed E-state index contributed by atoms with van der Waals surface area (Å²) < 4.78 is 5.47. The minimum atomic E-state index is -0.501. The summed E-state index contributed by atoms with van der Waals surface area (Å²) in [5.41, 5.74) is 0.954. The van der Waals surface area contributed by atoms with Crippen molar-refractivity contribution in [2.45, 2.75) is 18.6 Å². The van der Waals surface area contributed by atoms with E-state index in [9.17, 15) is 5.11 Å². The van der Waals surface area contributed by atoms with Crippen LogP contribution < -0.4 is 0 Å². The second kappa shape index (κ2) is 4.94. The predicted molar refractivity (Wildman–Crippen MR) is 63.5 cm³/mol. The molecular formula is C13H15NO2. The highest BCUT2D eigenvalue weighted by Gasteiger charge is 2.25. The average molecular weight is 217 g/mol. The molecule has 3 heteroatoms. The Morgan fingerprint density at radius 2 is 2.25 bits per heavy atom. The SMILES string of the molecule is C=CC[C@@H](O)[C@H]1COC(c2ccccc2)=N1. The maximum Gasteiger partial charge on any atom is 0.216 e. The van der Waals surface area contributed by atoms with Crippen LogP contribution in [0.4, 0.5) is 0 Å². The van der Waals surface area contributed by atoms with Gasteiger partial charge in [-0.25, -0.2) is 4.99 Å². The predicted octanol–water partition coefficient (Wildman–Crippen LogP) is 1.77. The fourth-order valence-corrected chi connectivity index (χ4v) is 1.65. The van der Waals surface area contributed by atoms with E-state index in [4.69, 9.17) is 4.74 Å². The molecule has 0 aromatic heterocycles. The molecule has 0 bridgehead atoms. The number of aliphatic hydroxyl groups is 1. The van der Waals surface area contributed by atoms with Crippen LogP contribution in [0.5, 0.6) is 0 Å². The molecule has 2 rings (SSSR count). The first-order chi connectivity index (χ1) is 7.81. The third kappa shape index (κ3) is 2.31. The van der Waals surface area contributed by atoms with E-state index in [-0.39, 0.29) is 6.04 Å². The number of hydrogen-bond acceptors (Lipinski definition) is 3. The monoisotopic (exact) mass is 217 g/mol. The summed E-state index contributed by atoms with van der Waals surface area (Å²) in [6.45, 7) is 4.04. The second-order valence-corrected chi connectivity index (χ2v) is 3.77. The van der Waals surface area contributed by atoms with Crippen molar-refractivity contribution in [2.24, 2.45) is 4.99 Å². The van der Waals surface area contributed by atoms with Crippen LogP contribution in [-0.4, -0.2) is 29.8 Å². The van der Waals surface area contributed by atoms with Crippen LogP contribution in [0, 0.1) is 0 Å². The van der Waals surface area contributed by atoms with Crippen LogP contribution in [0.15, 0.2) is 48.0 Å². The Morgan fingerprint density at radius 3 is 2.94 bits per heavy atom. The standard InChI is InChI=1S/C13H15NO2/c1-2-6-12(15)11-9-16-13(14-11)10-7-4-3-5-8-10/h2-5,7-8,11-12,15H,1,6,9H2/t11-,12-/m1/s1. The first-order valence-electron chi connectivity index (χ1n) is 5.36. The van der Waals surface area contributed by atoms with Crippen LogP contribution in [0.1, 0.15) is 12.0 Å². The molecule has 16 heavy (non-hydrogen) atoms. The van der Waals surface area contributed by atoms with E-state index in [1.165, 1.54) is 0 Å². The van der Waals surface area contributed by atoms with Gasteiger partial charge in [0, 0.05) is 5.56 Å². The lowest BCUT2D eigenvalue weighted by molar-refractivity contribution is 0.131. The average Bonchev–Trinajstić information content (AvgIpc) is 2.80. The van der Waals surface area contributed by atoms with Gasteiger partial charge in [0.25, 0.3) is 0 Å². The van der Waals surface area contributed by atoms with Crippen molar-refractivity contribution in [1.82, 2.24) is 0 Å². The quantitative estimate of drug-likeness (QED) is 0.781. The summed E-state index contributed by atoms with van der Waals surface area (Å²) in [7, 11) is 0. The maximum atomic E-state index is 9.76. The molecule has 1 aromatic rings. The van der Waals surface area contributed by atoms with E-state index in [2.05, 4.69) is 11.6 Å². The number of benzene rings is 1. The number of rotatable bonds is 4. The van der Waals surface area contributed by atoms with E-state index in [1.54, 1.807) is 6.08 Å². The molecule has 0 radical (unpaired) electrons. The molecule has 3 nitrogen and oxygen atoms in total. The Balaban J connectivity index is 2.09. The molecule has 2 atom stereocenters. The summed E-state index contributed by atoms with van der Waals surface area (Å²) in [6.07, 6.45) is 1.74. The highest BCUT2D eigenvalue weighted by atomic mass is 16.5. The summed E-state index contributed by atoms with van der Waals surface area (Å²) >= 11 is 0. The molecule has 0 unspecified atom stereocenters. The van der Waals surface area contributed by atoms with Crippen LogP contribution >= 0.6 is 0 Å². The zero-order valence-electron chi connectivity index (χ0n) is 9.04. The largest absolute Gasteiger partial charge is 0.475 e. The van der Waals surface area contributed by atoms with E-state index in [0.29, 0.717) is 18.9 Å². The molecule has 1 aliphatic heterocycles. The Labute approximate surface area is 95.1 Å². The molecule has 0 saturated heterocycles. The number of aliphatic imine (C=N–C) groups is 1. The van der Waals surface area contributed by atoms with Crippen LogP contribution in [0.25, 0.3) is 0 Å². The summed E-state index contributed by atoms with van der Waals surface area (Å²) in [5.74, 6) is 0.619. The highest BCUT2D eigenvalue weighted by Crippen LogP contribution is 2.15. The van der Waals surface area contributed by atoms with E-state index >= 15 is 0 Å². The fourth-order valence-electron chi connectivity index (χ4n) is 1.65. The third-order valence-electron chi connectivity index (χ3n) is 2.55. The van der Waals surface area contributed by atoms with Gasteiger partial charge < -0.3 is 9.84 Å². The summed E-state index contributed by atoms with van der Waals surface area (Å²) in [6, 6.07) is 9.54. The van der Waals surface area contributed by atoms with Crippen molar-refractivity contribution >= 4 is 5.90 Å². The van der Waals surface area contributed by atoms with Crippen molar-refractivity contribution < 1.29 is 9.84 Å². The molecule has 84 valence electrons. The van der Waals surface area contributed by atoms with Gasteiger partial charge in [0.15, 0.2) is 0 Å². The normalized spacial score (nSPS) is 21.1. The van der Waals surface area contributed by atoms with Crippen molar-refractivity contribution in [3.63, 3.8) is 0 Å². The Bertz CT molecular complexity index is 386. The number of aliphatic hydroxyl groups excluding tert-OH is 1. The molecule has 0 fully saturated rings. The first-order valence-corrected chi connectivity index (χ1v) is 5.36. The molecule has 1 aliphatic rings. The maximum absolute atomic E-state index is 9.76. The second-order valence-electron chi connectivity index (χ2n) is 3.77. The Morgan fingerprint density at radius 1 is 1.50 bits per heavy atom. The van der Waals surface area contributed by atoms with Crippen molar-refractivity contribution in [2.75, 3.05) is 6.61 Å². The fraction of sp³-hybridized carbons (Fsp3) is 0.308. The van der Waals surface area contributed by atoms with Crippen molar-refractivity contribution in [1.29, 1.82) is 0 Å². The minimum absolute atomic E-state index is 0.173. The highest BCUT2D eigenvalue weighted by molar-refractivity contribution is 5.95. The lowest BCUT2D eigenvalue weighted by Gasteiger charge is -2.10. The molecule has 0 spiro atoms. The number of nitrogens with zero attached hydrogens (tertiary/aromatic N) is 1. The van der Waals surface area contributed by atoms with Crippen LogP contribution in [0.3, 0.4) is 0 Å². The van der Waals surface area contributed by atoms with Gasteiger partial charge in [0.1, 0.15) is 12.6 Å². The molecule has 1 N–H and O–H groups in total. The lowest BCUT2D eigenvalue weighted by Crippen LogP contribution is -2.24. The number of hydrogen-bond donors (Lipinski definition) is 1. The smallest absolute Gasteiger partial charge is 0.216 e.